The number of hydrogen-bond donors (Lipinski definition) is 2. The molecule has 1 rings (SSSR count). The van der Waals surface area contributed by atoms with E-state index in [-0.39, 0.29) is 5.91 Å². The lowest BCUT2D eigenvalue weighted by Crippen LogP contribution is -2.36. The Morgan fingerprint density at radius 2 is 2.16 bits per heavy atom. The van der Waals surface area contributed by atoms with Gasteiger partial charge in [-0.1, -0.05) is 0 Å². The van der Waals surface area contributed by atoms with Crippen LogP contribution in [0.15, 0.2) is 0 Å². The van der Waals surface area contributed by atoms with Crippen LogP contribution in [0.25, 0.3) is 0 Å². The minimum Gasteiger partial charge on any atom is -0.383 e. The molecule has 1 saturated heterocycles. The summed E-state index contributed by atoms with van der Waals surface area (Å²) in [7, 11) is 3.74. The molecule has 0 saturated carbocycles. The van der Waals surface area contributed by atoms with E-state index in [1.807, 2.05) is 7.05 Å². The first kappa shape index (κ1) is 16.8. The monoisotopic (exact) mass is 289 g/mol. The fraction of sp³-hybridized carbons (Fsp3) is 0.923. The fourth-order valence-electron chi connectivity index (χ4n) is 1.95. The number of carbonyl (C=O) groups excluding carboxylic acids is 1. The van der Waals surface area contributed by atoms with Gasteiger partial charge in [-0.25, -0.2) is 0 Å². The minimum atomic E-state index is 0.156. The van der Waals surface area contributed by atoms with Crippen LogP contribution in [-0.2, 0) is 9.53 Å². The Balaban J connectivity index is 1.98. The van der Waals surface area contributed by atoms with E-state index in [9.17, 15) is 4.79 Å². The van der Waals surface area contributed by atoms with E-state index < -0.39 is 0 Å². The molecule has 19 heavy (non-hydrogen) atoms. The number of rotatable bonds is 9. The van der Waals surface area contributed by atoms with Gasteiger partial charge in [0, 0.05) is 32.0 Å². The lowest BCUT2D eigenvalue weighted by atomic mass is 10.2. The van der Waals surface area contributed by atoms with E-state index >= 15 is 0 Å². The average molecular weight is 289 g/mol. The summed E-state index contributed by atoms with van der Waals surface area (Å²) in [5.74, 6) is 0.746. The molecule has 6 heteroatoms. The van der Waals surface area contributed by atoms with Crippen LogP contribution in [0, 0.1) is 0 Å². The van der Waals surface area contributed by atoms with Crippen molar-refractivity contribution in [2.75, 3.05) is 59.2 Å². The van der Waals surface area contributed by atoms with Crippen LogP contribution in [0.1, 0.15) is 12.8 Å². The molecule has 2 N–H and O–H groups in total. The zero-order valence-electron chi connectivity index (χ0n) is 12.1. The third-order valence-corrected chi connectivity index (χ3v) is 4.60. The molecular formula is C13H27N3O2S. The average Bonchev–Trinajstić information content (AvgIpc) is 2.44. The molecule has 112 valence electrons. The first-order chi connectivity index (χ1) is 9.22. The number of hydrogen-bond acceptors (Lipinski definition) is 5. The van der Waals surface area contributed by atoms with E-state index in [1.54, 1.807) is 18.9 Å². The van der Waals surface area contributed by atoms with E-state index in [0.29, 0.717) is 17.5 Å². The number of piperidine rings is 1. The van der Waals surface area contributed by atoms with Gasteiger partial charge in [0.1, 0.15) is 0 Å². The highest BCUT2D eigenvalue weighted by atomic mass is 32.2. The summed E-state index contributed by atoms with van der Waals surface area (Å²) in [5.41, 5.74) is 0. The van der Waals surface area contributed by atoms with Crippen molar-refractivity contribution >= 4 is 17.7 Å². The minimum absolute atomic E-state index is 0.156. The van der Waals surface area contributed by atoms with Crippen LogP contribution in [0.2, 0.25) is 0 Å². The highest BCUT2D eigenvalue weighted by molar-refractivity contribution is 8.00. The Kier molecular flexibility index (Phi) is 9.24. The van der Waals surface area contributed by atoms with Gasteiger partial charge in [-0.05, 0) is 33.0 Å². The Labute approximate surface area is 120 Å². The van der Waals surface area contributed by atoms with Crippen molar-refractivity contribution in [3.05, 3.63) is 0 Å². The van der Waals surface area contributed by atoms with E-state index in [2.05, 4.69) is 15.5 Å². The number of nitrogens with zero attached hydrogens (tertiary/aromatic N) is 1. The van der Waals surface area contributed by atoms with Crippen LogP contribution in [0.5, 0.6) is 0 Å². The zero-order chi connectivity index (χ0) is 13.9. The van der Waals surface area contributed by atoms with Crippen molar-refractivity contribution in [1.29, 1.82) is 0 Å². The second-order valence-electron chi connectivity index (χ2n) is 4.91. The summed E-state index contributed by atoms with van der Waals surface area (Å²) >= 11 is 1.79. The zero-order valence-corrected chi connectivity index (χ0v) is 12.9. The molecule has 1 aliphatic rings. The normalized spacial score (nSPS) is 16.8. The maximum absolute atomic E-state index is 11.7. The predicted molar refractivity (Wildman–Crippen MR) is 80.7 cm³/mol. The van der Waals surface area contributed by atoms with E-state index in [0.717, 1.165) is 32.8 Å². The number of nitrogens with one attached hydrogen (secondary N) is 2. The molecule has 0 unspecified atom stereocenters. The first-order valence-electron chi connectivity index (χ1n) is 6.99. The van der Waals surface area contributed by atoms with Crippen molar-refractivity contribution in [3.8, 4) is 0 Å². The van der Waals surface area contributed by atoms with Gasteiger partial charge in [0.2, 0.25) is 5.91 Å². The lowest BCUT2D eigenvalue weighted by Gasteiger charge is -2.22. The lowest BCUT2D eigenvalue weighted by molar-refractivity contribution is -0.118. The van der Waals surface area contributed by atoms with Crippen molar-refractivity contribution in [2.24, 2.45) is 0 Å². The van der Waals surface area contributed by atoms with Gasteiger partial charge in [0.15, 0.2) is 0 Å². The number of likely N-dealkylation sites (N-methyl/N-ethyl adjacent to an activating group) is 1. The molecule has 1 aliphatic heterocycles. The molecule has 0 atom stereocenters. The SMILES string of the molecule is COCCN(C)CCNC(=O)CSC1CCNCC1. The van der Waals surface area contributed by atoms with Gasteiger partial charge >= 0.3 is 0 Å². The maximum atomic E-state index is 11.7. The molecule has 1 amide bonds. The summed E-state index contributed by atoms with van der Waals surface area (Å²) in [4.78, 5) is 13.8. The van der Waals surface area contributed by atoms with Gasteiger partial charge in [-0.15, -0.1) is 11.8 Å². The number of ether oxygens (including phenoxy) is 1. The molecule has 1 fully saturated rings. The Hall–Kier alpha value is -0.300. The smallest absolute Gasteiger partial charge is 0.230 e. The van der Waals surface area contributed by atoms with Gasteiger partial charge < -0.3 is 20.3 Å². The second-order valence-corrected chi connectivity index (χ2v) is 6.20. The molecule has 5 nitrogen and oxygen atoms in total. The van der Waals surface area contributed by atoms with Gasteiger partial charge in [0.05, 0.1) is 12.4 Å². The molecule has 0 radical (unpaired) electrons. The molecule has 0 spiro atoms. The van der Waals surface area contributed by atoms with E-state index in [1.165, 1.54) is 12.8 Å². The summed E-state index contributed by atoms with van der Waals surface area (Å²) in [5, 5.41) is 6.96. The molecule has 0 bridgehead atoms. The summed E-state index contributed by atoms with van der Waals surface area (Å²) in [6.45, 7) is 5.39. The van der Waals surface area contributed by atoms with Crippen molar-refractivity contribution < 1.29 is 9.53 Å². The topological polar surface area (TPSA) is 53.6 Å². The Morgan fingerprint density at radius 1 is 1.42 bits per heavy atom. The molecular weight excluding hydrogens is 262 g/mol. The van der Waals surface area contributed by atoms with Gasteiger partial charge in [-0.2, -0.15) is 0 Å². The quantitative estimate of drug-likeness (QED) is 0.633. The highest BCUT2D eigenvalue weighted by Crippen LogP contribution is 2.19. The Morgan fingerprint density at radius 3 is 2.84 bits per heavy atom. The number of amides is 1. The van der Waals surface area contributed by atoms with Crippen molar-refractivity contribution in [3.63, 3.8) is 0 Å². The van der Waals surface area contributed by atoms with E-state index in [4.69, 9.17) is 4.74 Å². The fourth-order valence-corrected chi connectivity index (χ4v) is 3.01. The summed E-state index contributed by atoms with van der Waals surface area (Å²) in [6.07, 6.45) is 2.36. The Bertz CT molecular complexity index is 248. The highest BCUT2D eigenvalue weighted by Gasteiger charge is 2.14. The molecule has 0 aliphatic carbocycles. The van der Waals surface area contributed by atoms with Gasteiger partial charge in [0.25, 0.3) is 0 Å². The van der Waals surface area contributed by atoms with Crippen LogP contribution in [0.4, 0.5) is 0 Å². The molecule has 1 heterocycles. The predicted octanol–water partition coefficient (Wildman–Crippen LogP) is 0.166. The van der Waals surface area contributed by atoms with Crippen LogP contribution >= 0.6 is 11.8 Å². The third kappa shape index (κ3) is 8.47. The van der Waals surface area contributed by atoms with Crippen molar-refractivity contribution in [1.82, 2.24) is 15.5 Å². The number of thioether (sulfide) groups is 1. The van der Waals surface area contributed by atoms with Crippen LogP contribution in [-0.4, -0.2) is 75.3 Å². The summed E-state index contributed by atoms with van der Waals surface area (Å²) in [6, 6.07) is 0. The largest absolute Gasteiger partial charge is 0.383 e. The molecule has 0 aromatic carbocycles. The van der Waals surface area contributed by atoms with Crippen LogP contribution < -0.4 is 10.6 Å². The maximum Gasteiger partial charge on any atom is 0.230 e. The second kappa shape index (κ2) is 10.5. The van der Waals surface area contributed by atoms with Crippen LogP contribution in [0.3, 0.4) is 0 Å². The third-order valence-electron chi connectivity index (χ3n) is 3.23. The van der Waals surface area contributed by atoms with Crippen molar-refractivity contribution in [2.45, 2.75) is 18.1 Å². The molecule has 0 aromatic heterocycles. The standard InChI is InChI=1S/C13H27N3O2S/c1-16(9-10-18-2)8-7-15-13(17)11-19-12-3-5-14-6-4-12/h12,14H,3-11H2,1-2H3,(H,15,17). The summed E-state index contributed by atoms with van der Waals surface area (Å²) < 4.78 is 5.01. The van der Waals surface area contributed by atoms with Gasteiger partial charge in [-0.3, -0.25) is 4.79 Å². The number of carbonyl (C=O) groups is 1. The molecule has 0 aromatic rings. The number of methoxy groups -OCH3 is 1. The first-order valence-corrected chi connectivity index (χ1v) is 8.03.